The van der Waals surface area contributed by atoms with Crippen LogP contribution in [-0.4, -0.2) is 49.7 Å². The van der Waals surface area contributed by atoms with Gasteiger partial charge in [0, 0.05) is 40.2 Å². The normalized spacial score (nSPS) is 12.0. The molecule has 1 rings (SSSR count). The van der Waals surface area contributed by atoms with Gasteiger partial charge in [-0.15, -0.1) is 21.5 Å². The third-order valence-corrected chi connectivity index (χ3v) is 3.62. The molecular weight excluding hydrogens is 250 g/mol. The number of nitrogens with zero attached hydrogens (tertiary/aromatic N) is 2. The Bertz CT molecular complexity index is 342. The van der Waals surface area contributed by atoms with Gasteiger partial charge in [-0.05, 0) is 13.8 Å². The molecule has 0 bridgehead atoms. The molecule has 0 aliphatic carbocycles. The van der Waals surface area contributed by atoms with E-state index in [4.69, 9.17) is 9.47 Å². The summed E-state index contributed by atoms with van der Waals surface area (Å²) in [5.74, 6) is 0. The van der Waals surface area contributed by atoms with Gasteiger partial charge in [0.2, 0.25) is 0 Å². The number of nitrogens with one attached hydrogen (secondary N) is 1. The molecule has 6 heteroatoms. The van der Waals surface area contributed by atoms with Gasteiger partial charge >= 0.3 is 0 Å². The van der Waals surface area contributed by atoms with Crippen LogP contribution in [0.5, 0.6) is 0 Å². The fourth-order valence-corrected chi connectivity index (χ4v) is 2.45. The second-order valence-electron chi connectivity index (χ2n) is 4.72. The Hall–Kier alpha value is -0.560. The third-order valence-electron chi connectivity index (χ3n) is 2.64. The molecule has 1 heterocycles. The summed E-state index contributed by atoms with van der Waals surface area (Å²) in [5, 5.41) is 13.8. The summed E-state index contributed by atoms with van der Waals surface area (Å²) in [4.78, 5) is 0. The Balaban J connectivity index is 2.30. The van der Waals surface area contributed by atoms with Gasteiger partial charge < -0.3 is 14.8 Å². The predicted molar refractivity (Wildman–Crippen MR) is 73.2 cm³/mol. The lowest BCUT2D eigenvalue weighted by Gasteiger charge is -2.20. The van der Waals surface area contributed by atoms with E-state index in [-0.39, 0.29) is 5.60 Å². The van der Waals surface area contributed by atoms with Crippen LogP contribution in [0.25, 0.3) is 0 Å². The number of hydrogen-bond donors (Lipinski definition) is 1. The second-order valence-corrected chi connectivity index (χ2v) is 5.87. The molecule has 0 saturated heterocycles. The zero-order chi connectivity index (χ0) is 13.4. The van der Waals surface area contributed by atoms with Gasteiger partial charge in [-0.3, -0.25) is 0 Å². The van der Waals surface area contributed by atoms with Gasteiger partial charge in [-0.25, -0.2) is 0 Å². The molecule has 0 fully saturated rings. The second kappa shape index (κ2) is 7.78. The van der Waals surface area contributed by atoms with Crippen molar-refractivity contribution in [3.05, 3.63) is 10.0 Å². The first-order chi connectivity index (χ1) is 8.57. The molecule has 0 amide bonds. The number of aromatic nitrogens is 2. The van der Waals surface area contributed by atoms with Crippen LogP contribution < -0.4 is 5.32 Å². The van der Waals surface area contributed by atoms with E-state index >= 15 is 0 Å². The Labute approximate surface area is 113 Å². The lowest BCUT2D eigenvalue weighted by atomic mass is 10.1. The van der Waals surface area contributed by atoms with Gasteiger partial charge in [0.1, 0.15) is 10.0 Å². The van der Waals surface area contributed by atoms with Crippen LogP contribution in [-0.2, 0) is 22.3 Å². The van der Waals surface area contributed by atoms with Crippen molar-refractivity contribution < 1.29 is 9.47 Å². The SMILES string of the molecule is COCCNCCc1nnc(CC(C)(C)OC)s1. The summed E-state index contributed by atoms with van der Waals surface area (Å²) in [6.45, 7) is 6.63. The highest BCUT2D eigenvalue weighted by molar-refractivity contribution is 7.11. The number of methoxy groups -OCH3 is 2. The molecule has 0 aliphatic rings. The van der Waals surface area contributed by atoms with Crippen molar-refractivity contribution in [1.82, 2.24) is 15.5 Å². The average molecular weight is 273 g/mol. The van der Waals surface area contributed by atoms with E-state index in [1.807, 2.05) is 0 Å². The molecule has 1 aromatic rings. The van der Waals surface area contributed by atoms with Gasteiger partial charge in [0.05, 0.1) is 12.2 Å². The minimum atomic E-state index is -0.173. The summed E-state index contributed by atoms with van der Waals surface area (Å²) in [7, 11) is 3.43. The van der Waals surface area contributed by atoms with Crippen molar-refractivity contribution >= 4 is 11.3 Å². The van der Waals surface area contributed by atoms with Crippen LogP contribution in [0.4, 0.5) is 0 Å². The lowest BCUT2D eigenvalue weighted by Crippen LogP contribution is -2.25. The van der Waals surface area contributed by atoms with E-state index in [1.165, 1.54) is 0 Å². The fourth-order valence-electron chi connectivity index (χ4n) is 1.39. The average Bonchev–Trinajstić information content (AvgIpc) is 2.76. The largest absolute Gasteiger partial charge is 0.383 e. The maximum Gasteiger partial charge on any atom is 0.120 e. The maximum atomic E-state index is 5.39. The Morgan fingerprint density at radius 1 is 1.17 bits per heavy atom. The van der Waals surface area contributed by atoms with Crippen molar-refractivity contribution in [3.63, 3.8) is 0 Å². The van der Waals surface area contributed by atoms with E-state index < -0.39 is 0 Å². The lowest BCUT2D eigenvalue weighted by molar-refractivity contribution is 0.0230. The molecule has 0 atom stereocenters. The highest BCUT2D eigenvalue weighted by Crippen LogP contribution is 2.19. The number of hydrogen-bond acceptors (Lipinski definition) is 6. The first kappa shape index (κ1) is 15.5. The first-order valence-corrected chi connectivity index (χ1v) is 6.95. The standard InChI is InChI=1S/C12H23N3O2S/c1-12(2,17-4)9-11-15-14-10(18-11)5-6-13-7-8-16-3/h13H,5-9H2,1-4H3. The molecule has 1 aromatic heterocycles. The highest BCUT2D eigenvalue weighted by atomic mass is 32.1. The van der Waals surface area contributed by atoms with Crippen LogP contribution in [0.1, 0.15) is 23.9 Å². The Morgan fingerprint density at radius 3 is 2.56 bits per heavy atom. The van der Waals surface area contributed by atoms with Crippen molar-refractivity contribution in [2.24, 2.45) is 0 Å². The number of ether oxygens (including phenoxy) is 2. The van der Waals surface area contributed by atoms with Crippen LogP contribution in [0, 0.1) is 0 Å². The van der Waals surface area contributed by atoms with Crippen molar-refractivity contribution in [1.29, 1.82) is 0 Å². The molecule has 0 saturated carbocycles. The molecule has 1 N–H and O–H groups in total. The minimum Gasteiger partial charge on any atom is -0.383 e. The van der Waals surface area contributed by atoms with E-state index in [0.29, 0.717) is 0 Å². The molecule has 0 radical (unpaired) electrons. The van der Waals surface area contributed by atoms with Gasteiger partial charge in [-0.1, -0.05) is 0 Å². The zero-order valence-corrected chi connectivity index (χ0v) is 12.5. The molecule has 0 aromatic carbocycles. The molecule has 18 heavy (non-hydrogen) atoms. The minimum absolute atomic E-state index is 0.173. The van der Waals surface area contributed by atoms with Crippen molar-refractivity contribution in [2.75, 3.05) is 33.9 Å². The Morgan fingerprint density at radius 2 is 1.89 bits per heavy atom. The summed E-state index contributed by atoms with van der Waals surface area (Å²) in [5.41, 5.74) is -0.173. The molecular formula is C12H23N3O2S. The molecule has 5 nitrogen and oxygen atoms in total. The van der Waals surface area contributed by atoms with Gasteiger partial charge in [-0.2, -0.15) is 0 Å². The summed E-state index contributed by atoms with van der Waals surface area (Å²) >= 11 is 1.67. The van der Waals surface area contributed by atoms with Gasteiger partial charge in [0.15, 0.2) is 0 Å². The van der Waals surface area contributed by atoms with Crippen molar-refractivity contribution in [3.8, 4) is 0 Å². The monoisotopic (exact) mass is 273 g/mol. The quantitative estimate of drug-likeness (QED) is 0.687. The van der Waals surface area contributed by atoms with E-state index in [2.05, 4.69) is 29.4 Å². The predicted octanol–water partition coefficient (Wildman–Crippen LogP) is 1.28. The van der Waals surface area contributed by atoms with Crippen LogP contribution in [0.3, 0.4) is 0 Å². The van der Waals surface area contributed by atoms with E-state index in [9.17, 15) is 0 Å². The zero-order valence-electron chi connectivity index (χ0n) is 11.7. The summed E-state index contributed by atoms with van der Waals surface area (Å²) in [6.07, 6.45) is 1.72. The smallest absolute Gasteiger partial charge is 0.120 e. The van der Waals surface area contributed by atoms with E-state index in [0.717, 1.165) is 42.6 Å². The van der Waals surface area contributed by atoms with Crippen LogP contribution in [0.15, 0.2) is 0 Å². The van der Waals surface area contributed by atoms with E-state index in [1.54, 1.807) is 25.6 Å². The van der Waals surface area contributed by atoms with Crippen LogP contribution in [0.2, 0.25) is 0 Å². The number of rotatable bonds is 9. The third kappa shape index (κ3) is 5.86. The topological polar surface area (TPSA) is 56.3 Å². The van der Waals surface area contributed by atoms with Crippen molar-refractivity contribution in [2.45, 2.75) is 32.3 Å². The summed E-state index contributed by atoms with van der Waals surface area (Å²) in [6, 6.07) is 0. The maximum absolute atomic E-state index is 5.39. The molecule has 104 valence electrons. The Kier molecular flexibility index (Phi) is 6.70. The highest BCUT2D eigenvalue weighted by Gasteiger charge is 2.19. The molecule has 0 aliphatic heterocycles. The van der Waals surface area contributed by atoms with Crippen LogP contribution >= 0.6 is 11.3 Å². The molecule has 0 spiro atoms. The molecule has 0 unspecified atom stereocenters. The first-order valence-electron chi connectivity index (χ1n) is 6.13. The fraction of sp³-hybridized carbons (Fsp3) is 0.833. The summed E-state index contributed by atoms with van der Waals surface area (Å²) < 4.78 is 10.4. The van der Waals surface area contributed by atoms with Gasteiger partial charge in [0.25, 0.3) is 0 Å².